The molecule has 0 aromatic carbocycles. The van der Waals surface area contributed by atoms with E-state index in [9.17, 15) is 4.79 Å². The fraction of sp³-hybridized carbons (Fsp3) is 0.917. The van der Waals surface area contributed by atoms with Crippen molar-refractivity contribution in [2.24, 2.45) is 11.8 Å². The second kappa shape index (κ2) is 3.25. The van der Waals surface area contributed by atoms with Gasteiger partial charge in [0.1, 0.15) is 0 Å². The normalized spacial score (nSPS) is 37.0. The molecule has 1 saturated heterocycles. The summed E-state index contributed by atoms with van der Waals surface area (Å²) in [5, 5.41) is 0. The molecule has 1 heterocycles. The van der Waals surface area contributed by atoms with E-state index in [1.165, 1.54) is 32.1 Å². The van der Waals surface area contributed by atoms with E-state index >= 15 is 0 Å². The molecular weight excluding hydrogens is 174 g/mol. The minimum absolute atomic E-state index is 0.425. The third-order valence-corrected chi connectivity index (χ3v) is 4.20. The van der Waals surface area contributed by atoms with Crippen LogP contribution < -0.4 is 0 Å². The van der Waals surface area contributed by atoms with Gasteiger partial charge < -0.3 is 4.90 Å². The minimum atomic E-state index is 0.425. The molecule has 0 radical (unpaired) electrons. The number of likely N-dealkylation sites (tertiary alicyclic amines) is 1. The van der Waals surface area contributed by atoms with Gasteiger partial charge in [-0.25, -0.2) is 0 Å². The van der Waals surface area contributed by atoms with Crippen molar-refractivity contribution in [3.63, 3.8) is 0 Å². The lowest BCUT2D eigenvalue weighted by Gasteiger charge is -2.38. The van der Waals surface area contributed by atoms with Crippen LogP contribution in [0.1, 0.15) is 44.9 Å². The summed E-state index contributed by atoms with van der Waals surface area (Å²) >= 11 is 0. The topological polar surface area (TPSA) is 20.3 Å². The smallest absolute Gasteiger partial charge is 0.225 e. The molecule has 2 aliphatic carbocycles. The zero-order chi connectivity index (χ0) is 9.54. The van der Waals surface area contributed by atoms with Crippen molar-refractivity contribution in [3.05, 3.63) is 0 Å². The van der Waals surface area contributed by atoms with E-state index in [0.717, 1.165) is 25.3 Å². The summed E-state index contributed by atoms with van der Waals surface area (Å²) in [4.78, 5) is 14.3. The number of carbonyl (C=O) groups excluding carboxylic acids is 1. The average Bonchev–Trinajstić information content (AvgIpc) is 2.94. The Kier molecular flexibility index (Phi) is 2.03. The van der Waals surface area contributed by atoms with Crippen molar-refractivity contribution in [2.45, 2.75) is 51.0 Å². The molecule has 3 fully saturated rings. The molecule has 0 spiro atoms. The van der Waals surface area contributed by atoms with Gasteiger partial charge in [0.05, 0.1) is 0 Å². The van der Waals surface area contributed by atoms with Crippen LogP contribution in [0.4, 0.5) is 0 Å². The van der Waals surface area contributed by atoms with Crippen molar-refractivity contribution in [2.75, 3.05) is 6.54 Å². The summed E-state index contributed by atoms with van der Waals surface area (Å²) in [6.45, 7) is 1.05. The lowest BCUT2D eigenvalue weighted by Crippen LogP contribution is -2.46. The van der Waals surface area contributed by atoms with Crippen molar-refractivity contribution in [1.82, 2.24) is 4.90 Å². The Morgan fingerprint density at radius 3 is 2.57 bits per heavy atom. The van der Waals surface area contributed by atoms with Gasteiger partial charge in [-0.1, -0.05) is 6.42 Å². The van der Waals surface area contributed by atoms with Gasteiger partial charge in [0.15, 0.2) is 0 Å². The predicted octanol–water partition coefficient (Wildman–Crippen LogP) is 2.19. The monoisotopic (exact) mass is 193 g/mol. The number of hydrogen-bond donors (Lipinski definition) is 0. The average molecular weight is 193 g/mol. The molecule has 2 heteroatoms. The summed E-state index contributed by atoms with van der Waals surface area (Å²) < 4.78 is 0. The lowest BCUT2D eigenvalue weighted by atomic mass is 9.91. The van der Waals surface area contributed by atoms with Crippen LogP contribution in [-0.2, 0) is 4.79 Å². The van der Waals surface area contributed by atoms with E-state index in [4.69, 9.17) is 0 Å². The van der Waals surface area contributed by atoms with Gasteiger partial charge in [-0.3, -0.25) is 4.79 Å². The molecule has 2 nitrogen and oxygen atoms in total. The van der Waals surface area contributed by atoms with E-state index in [2.05, 4.69) is 4.90 Å². The van der Waals surface area contributed by atoms with E-state index in [1.54, 1.807) is 0 Å². The zero-order valence-corrected chi connectivity index (χ0v) is 8.74. The second-order valence-corrected chi connectivity index (χ2v) is 5.21. The maximum Gasteiger partial charge on any atom is 0.225 e. The zero-order valence-electron chi connectivity index (χ0n) is 8.74. The van der Waals surface area contributed by atoms with Crippen LogP contribution >= 0.6 is 0 Å². The number of carbonyl (C=O) groups is 1. The van der Waals surface area contributed by atoms with Crippen LogP contribution in [0.5, 0.6) is 0 Å². The van der Waals surface area contributed by atoms with Crippen molar-refractivity contribution in [3.8, 4) is 0 Å². The standard InChI is InChI=1S/C12H19NO/c14-12(10-6-7-10)13-8-2-4-9-3-1-5-11(9)13/h9-11H,1-8H2. The van der Waals surface area contributed by atoms with E-state index in [-0.39, 0.29) is 0 Å². The highest BCUT2D eigenvalue weighted by Crippen LogP contribution is 2.40. The largest absolute Gasteiger partial charge is 0.339 e. The molecule has 78 valence electrons. The highest BCUT2D eigenvalue weighted by molar-refractivity contribution is 5.81. The predicted molar refractivity (Wildman–Crippen MR) is 54.8 cm³/mol. The Morgan fingerprint density at radius 2 is 1.79 bits per heavy atom. The molecule has 0 N–H and O–H groups in total. The molecule has 1 amide bonds. The van der Waals surface area contributed by atoms with Gasteiger partial charge in [-0.2, -0.15) is 0 Å². The van der Waals surface area contributed by atoms with Gasteiger partial charge in [-0.05, 0) is 44.4 Å². The van der Waals surface area contributed by atoms with Gasteiger partial charge in [0.25, 0.3) is 0 Å². The fourth-order valence-corrected chi connectivity index (χ4v) is 3.29. The number of piperidine rings is 1. The number of nitrogens with zero attached hydrogens (tertiary/aromatic N) is 1. The molecule has 14 heavy (non-hydrogen) atoms. The Labute approximate surface area is 85.7 Å². The number of amides is 1. The molecule has 2 unspecified atom stereocenters. The number of hydrogen-bond acceptors (Lipinski definition) is 1. The third-order valence-electron chi connectivity index (χ3n) is 4.20. The summed E-state index contributed by atoms with van der Waals surface area (Å²) in [7, 11) is 0. The number of fused-ring (bicyclic) bond motifs is 1. The van der Waals surface area contributed by atoms with Crippen LogP contribution in [0.15, 0.2) is 0 Å². The lowest BCUT2D eigenvalue weighted by molar-refractivity contribution is -0.137. The summed E-state index contributed by atoms with van der Waals surface area (Å²) in [5.74, 6) is 1.77. The highest BCUT2D eigenvalue weighted by atomic mass is 16.2. The minimum Gasteiger partial charge on any atom is -0.339 e. The van der Waals surface area contributed by atoms with Crippen LogP contribution in [0.25, 0.3) is 0 Å². The Hall–Kier alpha value is -0.530. The maximum atomic E-state index is 12.0. The van der Waals surface area contributed by atoms with Gasteiger partial charge in [-0.15, -0.1) is 0 Å². The van der Waals surface area contributed by atoms with Crippen molar-refractivity contribution < 1.29 is 4.79 Å². The number of rotatable bonds is 1. The summed E-state index contributed by atoms with van der Waals surface area (Å²) in [5.41, 5.74) is 0. The van der Waals surface area contributed by atoms with Crippen LogP contribution in [0.2, 0.25) is 0 Å². The molecule has 3 aliphatic rings. The Bertz CT molecular complexity index is 247. The first-order chi connectivity index (χ1) is 6.86. The Morgan fingerprint density at radius 1 is 1.00 bits per heavy atom. The fourth-order valence-electron chi connectivity index (χ4n) is 3.29. The van der Waals surface area contributed by atoms with Crippen LogP contribution in [0, 0.1) is 11.8 Å². The molecule has 3 rings (SSSR count). The van der Waals surface area contributed by atoms with Crippen LogP contribution in [0.3, 0.4) is 0 Å². The molecule has 0 bridgehead atoms. The maximum absolute atomic E-state index is 12.0. The highest BCUT2D eigenvalue weighted by Gasteiger charge is 2.41. The first kappa shape index (κ1) is 8.75. The van der Waals surface area contributed by atoms with Gasteiger partial charge in [0, 0.05) is 18.5 Å². The van der Waals surface area contributed by atoms with Crippen molar-refractivity contribution >= 4 is 5.91 Å². The SMILES string of the molecule is O=C(C1CC1)N1CCCC2CCCC21. The molecule has 1 aliphatic heterocycles. The third kappa shape index (κ3) is 1.35. The Balaban J connectivity index is 1.73. The first-order valence-corrected chi connectivity index (χ1v) is 6.17. The second-order valence-electron chi connectivity index (χ2n) is 5.21. The van der Waals surface area contributed by atoms with Crippen molar-refractivity contribution in [1.29, 1.82) is 0 Å². The summed E-state index contributed by atoms with van der Waals surface area (Å²) in [6.07, 6.45) is 8.95. The first-order valence-electron chi connectivity index (χ1n) is 6.17. The van der Waals surface area contributed by atoms with E-state index in [1.807, 2.05) is 0 Å². The van der Waals surface area contributed by atoms with E-state index < -0.39 is 0 Å². The molecule has 2 atom stereocenters. The molecule has 0 aromatic rings. The molecule has 0 aromatic heterocycles. The van der Waals surface area contributed by atoms with Gasteiger partial charge >= 0.3 is 0 Å². The molecule has 2 saturated carbocycles. The van der Waals surface area contributed by atoms with E-state index in [0.29, 0.717) is 17.9 Å². The summed E-state index contributed by atoms with van der Waals surface area (Å²) in [6, 6.07) is 0.636. The quantitative estimate of drug-likeness (QED) is 0.625. The molecular formula is C12H19NO. The van der Waals surface area contributed by atoms with Gasteiger partial charge in [0.2, 0.25) is 5.91 Å². The van der Waals surface area contributed by atoms with Crippen LogP contribution in [-0.4, -0.2) is 23.4 Å².